The molecular weight excluding hydrogens is 273 g/mol. The Bertz CT molecular complexity index is 319. The maximum absolute atomic E-state index is 13.1. The standard InChI is InChI=1S/C11H16F5NO2/c12-10(13)3-1-2-8(4-10)5-17(6-9(18)19)7-11(14,15)16/h8H,1-7H2,(H,18,19). The lowest BCUT2D eigenvalue weighted by Gasteiger charge is -2.32. The third-order valence-electron chi connectivity index (χ3n) is 3.02. The topological polar surface area (TPSA) is 40.5 Å². The number of alkyl halides is 5. The average Bonchev–Trinajstić information content (AvgIpc) is 2.10. The fourth-order valence-electron chi connectivity index (χ4n) is 2.43. The number of carboxylic acid groups (broad SMARTS) is 1. The summed E-state index contributed by atoms with van der Waals surface area (Å²) in [5, 5.41) is 8.56. The van der Waals surface area contributed by atoms with Crippen molar-refractivity contribution >= 4 is 5.97 Å². The first-order valence-corrected chi connectivity index (χ1v) is 5.96. The summed E-state index contributed by atoms with van der Waals surface area (Å²) in [7, 11) is 0. The molecule has 0 aliphatic heterocycles. The molecule has 1 aliphatic rings. The third-order valence-corrected chi connectivity index (χ3v) is 3.02. The van der Waals surface area contributed by atoms with E-state index in [1.165, 1.54) is 0 Å². The molecule has 0 heterocycles. The second-order valence-electron chi connectivity index (χ2n) is 5.00. The molecule has 0 aromatic rings. The zero-order valence-electron chi connectivity index (χ0n) is 10.2. The lowest BCUT2D eigenvalue weighted by atomic mass is 9.86. The normalized spacial score (nSPS) is 23.6. The maximum atomic E-state index is 13.1. The molecule has 1 unspecified atom stereocenters. The van der Waals surface area contributed by atoms with E-state index in [-0.39, 0.29) is 19.4 Å². The first-order valence-electron chi connectivity index (χ1n) is 5.96. The van der Waals surface area contributed by atoms with Gasteiger partial charge in [-0.15, -0.1) is 0 Å². The molecule has 1 N–H and O–H groups in total. The maximum Gasteiger partial charge on any atom is 0.401 e. The Morgan fingerprint density at radius 2 is 2.00 bits per heavy atom. The molecule has 0 spiro atoms. The van der Waals surface area contributed by atoms with Crippen LogP contribution in [0.2, 0.25) is 0 Å². The van der Waals surface area contributed by atoms with Gasteiger partial charge in [0.1, 0.15) is 0 Å². The summed E-state index contributed by atoms with van der Waals surface area (Å²) < 4.78 is 63.1. The van der Waals surface area contributed by atoms with Crippen LogP contribution in [-0.2, 0) is 4.79 Å². The van der Waals surface area contributed by atoms with Gasteiger partial charge in [-0.3, -0.25) is 9.69 Å². The minimum absolute atomic E-state index is 0.248. The van der Waals surface area contributed by atoms with E-state index in [1.54, 1.807) is 0 Å². The van der Waals surface area contributed by atoms with Crippen molar-refractivity contribution in [1.29, 1.82) is 0 Å². The second kappa shape index (κ2) is 6.02. The monoisotopic (exact) mass is 289 g/mol. The molecule has 1 fully saturated rings. The van der Waals surface area contributed by atoms with Crippen LogP contribution >= 0.6 is 0 Å². The molecule has 8 heteroatoms. The van der Waals surface area contributed by atoms with Gasteiger partial charge in [0.2, 0.25) is 5.92 Å². The number of nitrogens with zero attached hydrogens (tertiary/aromatic N) is 1. The van der Waals surface area contributed by atoms with Gasteiger partial charge in [-0.1, -0.05) is 0 Å². The number of rotatable bonds is 5. The lowest BCUT2D eigenvalue weighted by Crippen LogP contribution is -2.42. The summed E-state index contributed by atoms with van der Waals surface area (Å²) in [5.41, 5.74) is 0. The van der Waals surface area contributed by atoms with Crippen LogP contribution in [0, 0.1) is 5.92 Å². The molecule has 1 aliphatic carbocycles. The van der Waals surface area contributed by atoms with Gasteiger partial charge in [-0.05, 0) is 18.8 Å². The molecule has 1 saturated carbocycles. The SMILES string of the molecule is O=C(O)CN(CC1CCCC(F)(F)C1)CC(F)(F)F. The average molecular weight is 289 g/mol. The summed E-state index contributed by atoms with van der Waals surface area (Å²) >= 11 is 0. The number of hydrogen-bond acceptors (Lipinski definition) is 2. The fourth-order valence-corrected chi connectivity index (χ4v) is 2.43. The number of hydrogen-bond donors (Lipinski definition) is 1. The van der Waals surface area contributed by atoms with Gasteiger partial charge in [0.25, 0.3) is 0 Å². The van der Waals surface area contributed by atoms with E-state index in [1.807, 2.05) is 0 Å². The van der Waals surface area contributed by atoms with E-state index in [0.29, 0.717) is 11.3 Å². The Labute approximate surface area is 107 Å². The molecule has 0 radical (unpaired) electrons. The largest absolute Gasteiger partial charge is 0.480 e. The second-order valence-corrected chi connectivity index (χ2v) is 5.00. The molecular formula is C11H16F5NO2. The van der Waals surface area contributed by atoms with E-state index >= 15 is 0 Å². The Kier molecular flexibility index (Phi) is 5.11. The minimum Gasteiger partial charge on any atom is -0.480 e. The van der Waals surface area contributed by atoms with Crippen LogP contribution in [0.25, 0.3) is 0 Å². The zero-order chi connectivity index (χ0) is 14.7. The van der Waals surface area contributed by atoms with Crippen LogP contribution in [-0.4, -0.2) is 47.7 Å². The van der Waals surface area contributed by atoms with Crippen LogP contribution in [0.5, 0.6) is 0 Å². The van der Waals surface area contributed by atoms with Gasteiger partial charge >= 0.3 is 12.1 Å². The highest BCUT2D eigenvalue weighted by Crippen LogP contribution is 2.37. The smallest absolute Gasteiger partial charge is 0.401 e. The van der Waals surface area contributed by atoms with Gasteiger partial charge < -0.3 is 5.11 Å². The first kappa shape index (κ1) is 16.1. The number of carboxylic acids is 1. The molecule has 1 atom stereocenters. The Morgan fingerprint density at radius 3 is 2.47 bits per heavy atom. The van der Waals surface area contributed by atoms with E-state index < -0.39 is 43.5 Å². The fraction of sp³-hybridized carbons (Fsp3) is 0.909. The molecule has 0 aromatic carbocycles. The number of halogens is 5. The third kappa shape index (κ3) is 6.70. The van der Waals surface area contributed by atoms with Crippen molar-refractivity contribution < 1.29 is 31.9 Å². The van der Waals surface area contributed by atoms with Crippen molar-refractivity contribution in [3.05, 3.63) is 0 Å². The van der Waals surface area contributed by atoms with Gasteiger partial charge in [-0.25, -0.2) is 8.78 Å². The highest BCUT2D eigenvalue weighted by Gasteiger charge is 2.38. The molecule has 0 bridgehead atoms. The van der Waals surface area contributed by atoms with E-state index in [4.69, 9.17) is 5.11 Å². The van der Waals surface area contributed by atoms with Crippen molar-refractivity contribution in [3.63, 3.8) is 0 Å². The van der Waals surface area contributed by atoms with E-state index in [9.17, 15) is 26.7 Å². The highest BCUT2D eigenvalue weighted by molar-refractivity contribution is 5.69. The predicted molar refractivity (Wildman–Crippen MR) is 57.0 cm³/mol. The zero-order valence-corrected chi connectivity index (χ0v) is 10.2. The van der Waals surface area contributed by atoms with E-state index in [2.05, 4.69) is 0 Å². The quantitative estimate of drug-likeness (QED) is 0.791. The van der Waals surface area contributed by atoms with Crippen molar-refractivity contribution in [2.24, 2.45) is 5.92 Å². The molecule has 112 valence electrons. The van der Waals surface area contributed by atoms with Gasteiger partial charge in [0, 0.05) is 19.4 Å². The summed E-state index contributed by atoms with van der Waals surface area (Å²) in [4.78, 5) is 11.2. The van der Waals surface area contributed by atoms with Gasteiger partial charge in [0.05, 0.1) is 13.1 Å². The van der Waals surface area contributed by atoms with Crippen molar-refractivity contribution in [2.75, 3.05) is 19.6 Å². The summed E-state index contributed by atoms with van der Waals surface area (Å²) in [5.74, 6) is -4.84. The Hall–Kier alpha value is -0.920. The number of aliphatic carboxylic acids is 1. The number of carbonyl (C=O) groups is 1. The first-order chi connectivity index (χ1) is 8.57. The molecule has 0 aromatic heterocycles. The van der Waals surface area contributed by atoms with Crippen LogP contribution in [0.3, 0.4) is 0 Å². The van der Waals surface area contributed by atoms with Gasteiger partial charge in [0.15, 0.2) is 0 Å². The molecule has 1 rings (SSSR count). The van der Waals surface area contributed by atoms with Crippen LogP contribution in [0.15, 0.2) is 0 Å². The van der Waals surface area contributed by atoms with Crippen molar-refractivity contribution in [1.82, 2.24) is 4.90 Å². The molecule has 0 saturated heterocycles. The predicted octanol–water partition coefficient (Wildman–Crippen LogP) is 2.76. The molecule has 19 heavy (non-hydrogen) atoms. The Morgan fingerprint density at radius 1 is 1.37 bits per heavy atom. The van der Waals surface area contributed by atoms with Gasteiger partial charge in [-0.2, -0.15) is 13.2 Å². The van der Waals surface area contributed by atoms with Crippen LogP contribution in [0.4, 0.5) is 22.0 Å². The lowest BCUT2D eigenvalue weighted by molar-refractivity contribution is -0.156. The molecule has 0 amide bonds. The molecule has 3 nitrogen and oxygen atoms in total. The summed E-state index contributed by atoms with van der Waals surface area (Å²) in [6.07, 6.45) is -4.59. The summed E-state index contributed by atoms with van der Waals surface area (Å²) in [6.45, 7) is -2.44. The summed E-state index contributed by atoms with van der Waals surface area (Å²) in [6, 6.07) is 0. The van der Waals surface area contributed by atoms with Crippen molar-refractivity contribution in [3.8, 4) is 0 Å². The van der Waals surface area contributed by atoms with Crippen LogP contribution in [0.1, 0.15) is 25.7 Å². The van der Waals surface area contributed by atoms with Crippen molar-refractivity contribution in [2.45, 2.75) is 37.8 Å². The minimum atomic E-state index is -4.54. The Balaban J connectivity index is 2.58. The highest BCUT2D eigenvalue weighted by atomic mass is 19.4. The van der Waals surface area contributed by atoms with E-state index in [0.717, 1.165) is 0 Å². The van der Waals surface area contributed by atoms with Crippen LogP contribution < -0.4 is 0 Å².